The topological polar surface area (TPSA) is 101 Å². The van der Waals surface area contributed by atoms with Crippen molar-refractivity contribution < 1.29 is 19.1 Å². The molecule has 1 aliphatic rings. The minimum absolute atomic E-state index is 0.0694. The molecule has 2 N–H and O–H groups in total. The molecule has 1 unspecified atom stereocenters. The van der Waals surface area contributed by atoms with E-state index in [2.05, 4.69) is 15.6 Å². The van der Waals surface area contributed by atoms with E-state index in [-0.39, 0.29) is 30.7 Å². The highest BCUT2D eigenvalue weighted by Gasteiger charge is 2.36. The highest BCUT2D eigenvalue weighted by atomic mass is 35.5. The Hall–Kier alpha value is -3.91. The molecule has 0 bridgehead atoms. The minimum atomic E-state index is -0.545. The first kappa shape index (κ1) is 22.3. The number of nitrogens with one attached hydrogen (secondary N) is 2. The highest BCUT2D eigenvalue weighted by Crippen LogP contribution is 2.35. The lowest BCUT2D eigenvalue weighted by molar-refractivity contribution is -0.122. The Labute approximate surface area is 195 Å². The van der Waals surface area contributed by atoms with Crippen molar-refractivity contribution >= 4 is 46.4 Å². The summed E-state index contributed by atoms with van der Waals surface area (Å²) in [5.74, 6) is -0.797. The number of aromatic nitrogens is 1. The lowest BCUT2D eigenvalue weighted by Gasteiger charge is -2.20. The third-order valence-electron chi connectivity index (χ3n) is 5.26. The molecule has 168 valence electrons. The van der Waals surface area contributed by atoms with Gasteiger partial charge < -0.3 is 20.3 Å². The van der Waals surface area contributed by atoms with Gasteiger partial charge in [0.25, 0.3) is 5.91 Å². The number of halogens is 1. The summed E-state index contributed by atoms with van der Waals surface area (Å²) in [5, 5.41) is 6.09. The van der Waals surface area contributed by atoms with Crippen LogP contribution in [0.1, 0.15) is 16.8 Å². The number of benzene rings is 2. The summed E-state index contributed by atoms with van der Waals surface area (Å²) in [7, 11) is 1.51. The molecule has 1 fully saturated rings. The lowest BCUT2D eigenvalue weighted by atomic mass is 10.1. The van der Waals surface area contributed by atoms with Crippen LogP contribution in [0.25, 0.3) is 0 Å². The second-order valence-corrected chi connectivity index (χ2v) is 7.92. The second kappa shape index (κ2) is 9.70. The quantitative estimate of drug-likeness (QED) is 0.574. The predicted octanol–water partition coefficient (Wildman–Crippen LogP) is 3.99. The van der Waals surface area contributed by atoms with E-state index in [1.807, 2.05) is 0 Å². The molecule has 2 heterocycles. The van der Waals surface area contributed by atoms with Crippen molar-refractivity contribution in [3.63, 3.8) is 0 Å². The van der Waals surface area contributed by atoms with Gasteiger partial charge in [0.2, 0.25) is 11.8 Å². The van der Waals surface area contributed by atoms with E-state index >= 15 is 0 Å². The third-order valence-corrected chi connectivity index (χ3v) is 5.49. The SMILES string of the molecule is COc1ccc(Cl)cc1N1CC(C(=O)Nc2cccc(NC(=O)c3ccncc3)c2)CC1=O. The molecule has 1 atom stereocenters. The standard InChI is InChI=1S/C24H21ClN4O4/c1-33-21-6-5-17(25)12-20(21)29-14-16(11-22(29)30)24(32)28-19-4-2-3-18(13-19)27-23(31)15-7-9-26-10-8-15/h2-10,12-13,16H,11,14H2,1H3,(H,27,31)(H,28,32). The number of anilines is 3. The van der Waals surface area contributed by atoms with E-state index in [0.29, 0.717) is 33.4 Å². The molecule has 0 saturated carbocycles. The van der Waals surface area contributed by atoms with Crippen LogP contribution in [0.5, 0.6) is 5.75 Å². The highest BCUT2D eigenvalue weighted by molar-refractivity contribution is 6.31. The van der Waals surface area contributed by atoms with Gasteiger partial charge in [-0.25, -0.2) is 0 Å². The first-order chi connectivity index (χ1) is 15.9. The molecule has 3 amide bonds. The molecule has 9 heteroatoms. The van der Waals surface area contributed by atoms with Crippen molar-refractivity contribution in [2.24, 2.45) is 5.92 Å². The molecule has 0 aliphatic carbocycles. The van der Waals surface area contributed by atoms with Crippen LogP contribution in [0.2, 0.25) is 5.02 Å². The molecular weight excluding hydrogens is 444 g/mol. The summed E-state index contributed by atoms with van der Waals surface area (Å²) in [6, 6.07) is 15.0. The Balaban J connectivity index is 1.43. The van der Waals surface area contributed by atoms with Gasteiger partial charge in [0, 0.05) is 47.3 Å². The molecule has 0 radical (unpaired) electrons. The maximum Gasteiger partial charge on any atom is 0.255 e. The van der Waals surface area contributed by atoms with Crippen LogP contribution in [0.15, 0.2) is 67.0 Å². The fourth-order valence-corrected chi connectivity index (χ4v) is 3.78. The summed E-state index contributed by atoms with van der Waals surface area (Å²) < 4.78 is 5.34. The monoisotopic (exact) mass is 464 g/mol. The number of ether oxygens (including phenoxy) is 1. The van der Waals surface area contributed by atoms with E-state index in [1.165, 1.54) is 24.4 Å². The van der Waals surface area contributed by atoms with Gasteiger partial charge in [-0.2, -0.15) is 0 Å². The van der Waals surface area contributed by atoms with Crippen LogP contribution >= 0.6 is 11.6 Å². The van der Waals surface area contributed by atoms with Crippen LogP contribution in [0.4, 0.5) is 17.1 Å². The Bertz CT molecular complexity index is 1200. The van der Waals surface area contributed by atoms with Gasteiger partial charge in [-0.05, 0) is 48.5 Å². The molecule has 1 saturated heterocycles. The zero-order chi connectivity index (χ0) is 23.4. The maximum atomic E-state index is 12.9. The summed E-state index contributed by atoms with van der Waals surface area (Å²) in [6.07, 6.45) is 3.15. The Morgan fingerprint density at radius 1 is 1.06 bits per heavy atom. The number of hydrogen-bond donors (Lipinski definition) is 2. The number of pyridine rings is 1. The summed E-state index contributed by atoms with van der Waals surface area (Å²) >= 11 is 6.09. The van der Waals surface area contributed by atoms with Gasteiger partial charge in [-0.1, -0.05) is 17.7 Å². The molecule has 33 heavy (non-hydrogen) atoms. The molecule has 1 aromatic heterocycles. The lowest BCUT2D eigenvalue weighted by Crippen LogP contribution is -2.28. The van der Waals surface area contributed by atoms with E-state index in [1.54, 1.807) is 54.6 Å². The average molecular weight is 465 g/mol. The summed E-state index contributed by atoms with van der Waals surface area (Å²) in [6.45, 7) is 0.208. The zero-order valence-corrected chi connectivity index (χ0v) is 18.5. The van der Waals surface area contributed by atoms with Gasteiger partial charge in [-0.15, -0.1) is 0 Å². The van der Waals surface area contributed by atoms with Crippen molar-refractivity contribution in [3.8, 4) is 5.75 Å². The predicted molar refractivity (Wildman–Crippen MR) is 126 cm³/mol. The third kappa shape index (κ3) is 5.12. The normalized spacial score (nSPS) is 15.3. The molecule has 3 aromatic rings. The van der Waals surface area contributed by atoms with Gasteiger partial charge in [0.1, 0.15) is 5.75 Å². The van der Waals surface area contributed by atoms with Gasteiger partial charge in [0.15, 0.2) is 0 Å². The van der Waals surface area contributed by atoms with E-state index in [4.69, 9.17) is 16.3 Å². The number of carbonyl (C=O) groups is 3. The molecule has 0 spiro atoms. The minimum Gasteiger partial charge on any atom is -0.495 e. The number of rotatable bonds is 6. The van der Waals surface area contributed by atoms with Crippen molar-refractivity contribution in [1.29, 1.82) is 0 Å². The second-order valence-electron chi connectivity index (χ2n) is 7.48. The maximum absolute atomic E-state index is 12.9. The Morgan fingerprint density at radius 3 is 2.52 bits per heavy atom. The number of nitrogens with zero attached hydrogens (tertiary/aromatic N) is 2. The molecule has 2 aromatic carbocycles. The van der Waals surface area contributed by atoms with Crippen molar-refractivity contribution in [2.75, 3.05) is 29.2 Å². The zero-order valence-electron chi connectivity index (χ0n) is 17.7. The first-order valence-electron chi connectivity index (χ1n) is 10.2. The Morgan fingerprint density at radius 2 is 1.79 bits per heavy atom. The largest absolute Gasteiger partial charge is 0.495 e. The Kier molecular flexibility index (Phi) is 6.55. The van der Waals surface area contributed by atoms with E-state index in [9.17, 15) is 14.4 Å². The van der Waals surface area contributed by atoms with Crippen LogP contribution in [-0.2, 0) is 9.59 Å². The fourth-order valence-electron chi connectivity index (χ4n) is 3.62. The molecule has 8 nitrogen and oxygen atoms in total. The first-order valence-corrected chi connectivity index (χ1v) is 10.6. The van der Waals surface area contributed by atoms with Crippen molar-refractivity contribution in [3.05, 3.63) is 77.6 Å². The fraction of sp³-hybridized carbons (Fsp3) is 0.167. The van der Waals surface area contributed by atoms with E-state index in [0.717, 1.165) is 0 Å². The van der Waals surface area contributed by atoms with Crippen molar-refractivity contribution in [2.45, 2.75) is 6.42 Å². The van der Waals surface area contributed by atoms with Crippen LogP contribution in [0, 0.1) is 5.92 Å². The van der Waals surface area contributed by atoms with Gasteiger partial charge >= 0.3 is 0 Å². The van der Waals surface area contributed by atoms with Gasteiger partial charge in [0.05, 0.1) is 18.7 Å². The number of hydrogen-bond acceptors (Lipinski definition) is 5. The van der Waals surface area contributed by atoms with E-state index < -0.39 is 5.92 Å². The van der Waals surface area contributed by atoms with Crippen LogP contribution in [-0.4, -0.2) is 36.4 Å². The molecule has 1 aliphatic heterocycles. The van der Waals surface area contributed by atoms with Gasteiger partial charge in [-0.3, -0.25) is 19.4 Å². The number of methoxy groups -OCH3 is 1. The summed E-state index contributed by atoms with van der Waals surface area (Å²) in [4.78, 5) is 43.3. The van der Waals surface area contributed by atoms with Crippen LogP contribution in [0.3, 0.4) is 0 Å². The van der Waals surface area contributed by atoms with Crippen molar-refractivity contribution in [1.82, 2.24) is 4.98 Å². The average Bonchev–Trinajstić information content (AvgIpc) is 3.21. The molecule has 4 rings (SSSR count). The van der Waals surface area contributed by atoms with Crippen LogP contribution < -0.4 is 20.3 Å². The summed E-state index contributed by atoms with van der Waals surface area (Å²) in [5.41, 5.74) is 2.05. The number of carbonyl (C=O) groups excluding carboxylic acids is 3. The molecular formula is C24H21ClN4O4. The smallest absolute Gasteiger partial charge is 0.255 e. The number of amides is 3.